The number of ketones is 1. The number of ether oxygens (including phenoxy) is 1. The van der Waals surface area contributed by atoms with Crippen molar-refractivity contribution < 1.29 is 18.7 Å². The fraction of sp³-hybridized carbons (Fsp3) is 0.182. The van der Waals surface area contributed by atoms with Crippen molar-refractivity contribution in [1.82, 2.24) is 0 Å². The fourth-order valence-electron chi connectivity index (χ4n) is 1.30. The number of methoxy groups -OCH3 is 1. The van der Waals surface area contributed by atoms with Crippen LogP contribution < -0.4 is 0 Å². The Kier molecular flexibility index (Phi) is 2.68. The Labute approximate surface area is 91.4 Å². The van der Waals surface area contributed by atoms with Gasteiger partial charge >= 0.3 is 5.97 Å². The molecule has 5 nitrogen and oxygen atoms in total. The van der Waals surface area contributed by atoms with Gasteiger partial charge in [-0.15, -0.1) is 0 Å². The first-order valence-corrected chi connectivity index (χ1v) is 4.66. The summed E-state index contributed by atoms with van der Waals surface area (Å²) in [5, 5.41) is 0. The predicted molar refractivity (Wildman–Crippen MR) is 56.1 cm³/mol. The van der Waals surface area contributed by atoms with E-state index in [-0.39, 0.29) is 11.5 Å². The van der Waals surface area contributed by atoms with Gasteiger partial charge in [0.05, 0.1) is 7.11 Å². The highest BCUT2D eigenvalue weighted by atomic mass is 16.5. The molecule has 0 aromatic carbocycles. The molecule has 1 aliphatic rings. The third kappa shape index (κ3) is 1.93. The van der Waals surface area contributed by atoms with Gasteiger partial charge in [0.2, 0.25) is 5.76 Å². The molecule has 0 atom stereocenters. The van der Waals surface area contributed by atoms with E-state index in [4.69, 9.17) is 4.42 Å². The molecule has 0 unspecified atom stereocenters. The minimum absolute atomic E-state index is 0.0407. The van der Waals surface area contributed by atoms with E-state index in [9.17, 15) is 9.59 Å². The molecule has 1 aliphatic heterocycles. The lowest BCUT2D eigenvalue weighted by Gasteiger charge is -2.01. The van der Waals surface area contributed by atoms with Gasteiger partial charge in [-0.05, 0) is 12.1 Å². The SMILES string of the molecule is COC(=O)c1ccc(C2=CC(=O)CC=N2)o1. The summed E-state index contributed by atoms with van der Waals surface area (Å²) in [6, 6.07) is 3.06. The van der Waals surface area contributed by atoms with E-state index in [1.54, 1.807) is 6.07 Å². The monoisotopic (exact) mass is 219 g/mol. The van der Waals surface area contributed by atoms with Gasteiger partial charge in [0.15, 0.2) is 11.5 Å². The quantitative estimate of drug-likeness (QED) is 0.706. The van der Waals surface area contributed by atoms with Crippen LogP contribution in [-0.2, 0) is 9.53 Å². The van der Waals surface area contributed by atoms with Gasteiger partial charge in [-0.25, -0.2) is 4.79 Å². The van der Waals surface area contributed by atoms with Crippen molar-refractivity contribution >= 4 is 23.7 Å². The summed E-state index contributed by atoms with van der Waals surface area (Å²) in [6.45, 7) is 0. The minimum atomic E-state index is -0.557. The predicted octanol–water partition coefficient (Wildman–Crippen LogP) is 1.45. The Hall–Kier alpha value is -2.17. The summed E-state index contributed by atoms with van der Waals surface area (Å²) < 4.78 is 9.72. The summed E-state index contributed by atoms with van der Waals surface area (Å²) >= 11 is 0. The Morgan fingerprint density at radius 1 is 1.50 bits per heavy atom. The van der Waals surface area contributed by atoms with Crippen LogP contribution in [0.15, 0.2) is 27.6 Å². The molecule has 16 heavy (non-hydrogen) atoms. The van der Waals surface area contributed by atoms with E-state index < -0.39 is 5.97 Å². The highest BCUT2D eigenvalue weighted by Gasteiger charge is 2.15. The largest absolute Gasteiger partial charge is 0.463 e. The number of carbonyl (C=O) groups excluding carboxylic acids is 2. The van der Waals surface area contributed by atoms with E-state index in [0.717, 1.165) is 0 Å². The van der Waals surface area contributed by atoms with Crippen LogP contribution in [0, 0.1) is 0 Å². The van der Waals surface area contributed by atoms with Gasteiger partial charge in [-0.1, -0.05) is 0 Å². The van der Waals surface area contributed by atoms with E-state index in [1.807, 2.05) is 0 Å². The highest BCUT2D eigenvalue weighted by molar-refractivity contribution is 6.07. The Morgan fingerprint density at radius 3 is 3.00 bits per heavy atom. The van der Waals surface area contributed by atoms with Crippen molar-refractivity contribution in [3.05, 3.63) is 29.7 Å². The lowest BCUT2D eigenvalue weighted by Crippen LogP contribution is -2.00. The van der Waals surface area contributed by atoms with Gasteiger partial charge in [-0.2, -0.15) is 0 Å². The average molecular weight is 219 g/mol. The van der Waals surface area contributed by atoms with Crippen molar-refractivity contribution in [1.29, 1.82) is 0 Å². The number of hydrogen-bond acceptors (Lipinski definition) is 5. The van der Waals surface area contributed by atoms with Gasteiger partial charge in [-0.3, -0.25) is 9.79 Å². The molecule has 1 aromatic rings. The standard InChI is InChI=1S/C11H9NO4/c1-15-11(14)10-3-2-9(16-10)8-6-7(13)4-5-12-8/h2-3,5-6H,4H2,1H3. The van der Waals surface area contributed by atoms with Gasteiger partial charge in [0, 0.05) is 18.7 Å². The van der Waals surface area contributed by atoms with Gasteiger partial charge < -0.3 is 9.15 Å². The summed E-state index contributed by atoms with van der Waals surface area (Å²) in [7, 11) is 1.27. The van der Waals surface area contributed by atoms with Crippen molar-refractivity contribution in [3.63, 3.8) is 0 Å². The molecule has 82 valence electrons. The fourth-order valence-corrected chi connectivity index (χ4v) is 1.30. The number of furan rings is 1. The van der Waals surface area contributed by atoms with Crippen molar-refractivity contribution in [2.75, 3.05) is 7.11 Å². The Balaban J connectivity index is 2.28. The normalized spacial score (nSPS) is 14.8. The summed E-state index contributed by atoms with van der Waals surface area (Å²) in [5.74, 6) is -0.129. The molecule has 0 spiro atoms. The Morgan fingerprint density at radius 2 is 2.31 bits per heavy atom. The topological polar surface area (TPSA) is 68.9 Å². The second-order valence-corrected chi connectivity index (χ2v) is 3.17. The maximum atomic E-state index is 11.1. The summed E-state index contributed by atoms with van der Waals surface area (Å²) in [6.07, 6.45) is 3.20. The lowest BCUT2D eigenvalue weighted by molar-refractivity contribution is -0.113. The van der Waals surface area contributed by atoms with Crippen molar-refractivity contribution in [3.8, 4) is 0 Å². The number of rotatable bonds is 2. The van der Waals surface area contributed by atoms with Crippen LogP contribution in [0.4, 0.5) is 0 Å². The zero-order valence-corrected chi connectivity index (χ0v) is 8.60. The van der Waals surface area contributed by atoms with Crippen molar-refractivity contribution in [2.45, 2.75) is 6.42 Å². The number of nitrogens with zero attached hydrogens (tertiary/aromatic N) is 1. The molecule has 0 fully saturated rings. The molecular formula is C11H9NO4. The van der Waals surface area contributed by atoms with Crippen LogP contribution in [0.3, 0.4) is 0 Å². The van der Waals surface area contributed by atoms with E-state index in [1.165, 1.54) is 25.5 Å². The molecule has 0 radical (unpaired) electrons. The number of esters is 1. The Bertz CT molecular complexity index is 496. The van der Waals surface area contributed by atoms with Crippen LogP contribution in [-0.4, -0.2) is 25.1 Å². The summed E-state index contributed by atoms with van der Waals surface area (Å²) in [4.78, 5) is 26.3. The third-order valence-corrected chi connectivity index (χ3v) is 2.07. The summed E-state index contributed by atoms with van der Waals surface area (Å²) in [5.41, 5.74) is 0.423. The van der Waals surface area contributed by atoms with E-state index in [0.29, 0.717) is 17.9 Å². The smallest absolute Gasteiger partial charge is 0.373 e. The average Bonchev–Trinajstić information content (AvgIpc) is 2.77. The second-order valence-electron chi connectivity index (χ2n) is 3.17. The van der Waals surface area contributed by atoms with Crippen molar-refractivity contribution in [2.24, 2.45) is 4.99 Å². The lowest BCUT2D eigenvalue weighted by atomic mass is 10.2. The molecule has 5 heteroatoms. The van der Waals surface area contributed by atoms with Crippen LogP contribution in [0.1, 0.15) is 22.7 Å². The number of hydrogen-bond donors (Lipinski definition) is 0. The van der Waals surface area contributed by atoms with Crippen LogP contribution in [0.2, 0.25) is 0 Å². The van der Waals surface area contributed by atoms with E-state index >= 15 is 0 Å². The molecule has 0 aliphatic carbocycles. The number of aliphatic imine (C=N–C) groups is 1. The molecule has 2 heterocycles. The first-order valence-electron chi connectivity index (χ1n) is 4.66. The molecule has 0 saturated heterocycles. The molecule has 2 rings (SSSR count). The van der Waals surface area contributed by atoms with Crippen LogP contribution in [0.25, 0.3) is 5.70 Å². The van der Waals surface area contributed by atoms with Crippen LogP contribution in [0.5, 0.6) is 0 Å². The zero-order chi connectivity index (χ0) is 11.5. The zero-order valence-electron chi connectivity index (χ0n) is 8.60. The highest BCUT2D eigenvalue weighted by Crippen LogP contribution is 2.21. The second kappa shape index (κ2) is 4.14. The molecule has 0 bridgehead atoms. The van der Waals surface area contributed by atoms with E-state index in [2.05, 4.69) is 9.73 Å². The maximum Gasteiger partial charge on any atom is 0.373 e. The minimum Gasteiger partial charge on any atom is -0.463 e. The molecular weight excluding hydrogens is 210 g/mol. The molecule has 1 aromatic heterocycles. The van der Waals surface area contributed by atoms with Crippen LogP contribution >= 0.6 is 0 Å². The molecule has 0 N–H and O–H groups in total. The van der Waals surface area contributed by atoms with Gasteiger partial charge in [0.1, 0.15) is 5.70 Å². The first-order chi connectivity index (χ1) is 7.70. The third-order valence-electron chi connectivity index (χ3n) is 2.07. The maximum absolute atomic E-state index is 11.1. The molecule has 0 amide bonds. The first kappa shape index (κ1) is 10.4. The number of allylic oxidation sites excluding steroid dienone is 1. The number of carbonyl (C=O) groups is 2. The molecule has 0 saturated carbocycles. The van der Waals surface area contributed by atoms with Gasteiger partial charge in [0.25, 0.3) is 0 Å².